The molecule has 3 aromatic rings. The van der Waals surface area contributed by atoms with Crippen LogP contribution in [-0.4, -0.2) is 29.4 Å². The topological polar surface area (TPSA) is 71.8 Å². The number of hydrogen-bond donors (Lipinski definition) is 1. The number of carbonyl (C=O) groups is 2. The van der Waals surface area contributed by atoms with E-state index >= 15 is 0 Å². The Balaban J connectivity index is 1.59. The van der Waals surface area contributed by atoms with E-state index in [0.29, 0.717) is 37.4 Å². The highest BCUT2D eigenvalue weighted by Crippen LogP contribution is 2.37. The second kappa shape index (κ2) is 10.6. The van der Waals surface area contributed by atoms with E-state index in [9.17, 15) is 9.59 Å². The molecule has 0 fully saturated rings. The molecule has 6 heteroatoms. The van der Waals surface area contributed by atoms with Gasteiger partial charge in [0.05, 0.1) is 18.8 Å². The van der Waals surface area contributed by atoms with Crippen molar-refractivity contribution in [2.75, 3.05) is 6.54 Å². The molecule has 0 unspecified atom stereocenters. The Morgan fingerprint density at radius 1 is 1.15 bits per heavy atom. The number of benzene rings is 2. The highest BCUT2D eigenvalue weighted by molar-refractivity contribution is 5.81. The number of hydrogen-bond acceptors (Lipinski definition) is 4. The Kier molecular flexibility index (Phi) is 7.36. The summed E-state index contributed by atoms with van der Waals surface area (Å²) in [6, 6.07) is 17.8. The van der Waals surface area contributed by atoms with E-state index in [-0.39, 0.29) is 17.9 Å². The first-order valence-electron chi connectivity index (χ1n) is 12.0. The van der Waals surface area contributed by atoms with Gasteiger partial charge in [-0.3, -0.25) is 9.59 Å². The summed E-state index contributed by atoms with van der Waals surface area (Å²) in [6.07, 6.45) is 2.75. The molecular formula is C28H32N2O4. The fourth-order valence-electron chi connectivity index (χ4n) is 4.43. The molecule has 1 aliphatic heterocycles. The molecule has 2 aromatic carbocycles. The number of nitrogens with zero attached hydrogens (tertiary/aromatic N) is 1. The Labute approximate surface area is 200 Å². The Bertz CT molecular complexity index is 1120. The molecule has 2 heterocycles. The zero-order chi connectivity index (χ0) is 24.1. The first kappa shape index (κ1) is 23.6. The van der Waals surface area contributed by atoms with E-state index < -0.39 is 6.10 Å². The van der Waals surface area contributed by atoms with Crippen molar-refractivity contribution in [2.24, 2.45) is 0 Å². The molecule has 0 bridgehead atoms. The molecule has 0 aliphatic carbocycles. The summed E-state index contributed by atoms with van der Waals surface area (Å²) in [4.78, 5) is 27.5. The molecular weight excluding hydrogens is 428 g/mol. The van der Waals surface area contributed by atoms with Gasteiger partial charge in [-0.15, -0.1) is 0 Å². The second-order valence-electron chi connectivity index (χ2n) is 8.68. The number of aryl methyl sites for hydroxylation is 1. The van der Waals surface area contributed by atoms with Gasteiger partial charge in [0.1, 0.15) is 11.5 Å². The van der Waals surface area contributed by atoms with Crippen molar-refractivity contribution < 1.29 is 18.7 Å². The van der Waals surface area contributed by atoms with Crippen LogP contribution in [0.3, 0.4) is 0 Å². The van der Waals surface area contributed by atoms with E-state index in [1.807, 2.05) is 36.9 Å². The van der Waals surface area contributed by atoms with Gasteiger partial charge in [0.2, 0.25) is 5.91 Å². The quantitative estimate of drug-likeness (QED) is 0.517. The summed E-state index contributed by atoms with van der Waals surface area (Å²) < 4.78 is 11.4. The third-order valence-electron chi connectivity index (χ3n) is 6.32. The molecule has 0 saturated heterocycles. The summed E-state index contributed by atoms with van der Waals surface area (Å²) in [5, 5.41) is 2.88. The Morgan fingerprint density at radius 2 is 1.94 bits per heavy atom. The van der Waals surface area contributed by atoms with Crippen molar-refractivity contribution in [2.45, 2.75) is 58.7 Å². The van der Waals surface area contributed by atoms with Crippen LogP contribution < -0.4 is 10.1 Å². The van der Waals surface area contributed by atoms with Crippen LogP contribution in [0.4, 0.5) is 0 Å². The van der Waals surface area contributed by atoms with Crippen LogP contribution in [0.5, 0.6) is 5.75 Å². The van der Waals surface area contributed by atoms with Crippen LogP contribution in [0.2, 0.25) is 0 Å². The molecule has 2 atom stereocenters. The van der Waals surface area contributed by atoms with Crippen LogP contribution in [0.1, 0.15) is 60.7 Å². The minimum Gasteiger partial charge on any atom is -0.481 e. The zero-order valence-electron chi connectivity index (χ0n) is 20.0. The summed E-state index contributed by atoms with van der Waals surface area (Å²) in [5.41, 5.74) is 4.51. The van der Waals surface area contributed by atoms with E-state index in [1.165, 1.54) is 11.1 Å². The first-order valence-corrected chi connectivity index (χ1v) is 12.0. The van der Waals surface area contributed by atoms with Crippen molar-refractivity contribution in [3.8, 4) is 5.75 Å². The third kappa shape index (κ3) is 5.16. The van der Waals surface area contributed by atoms with Crippen molar-refractivity contribution >= 4 is 11.8 Å². The van der Waals surface area contributed by atoms with Crippen LogP contribution in [0, 0.1) is 6.92 Å². The van der Waals surface area contributed by atoms with Crippen LogP contribution in [0.25, 0.3) is 0 Å². The van der Waals surface area contributed by atoms with E-state index in [0.717, 1.165) is 17.5 Å². The van der Waals surface area contributed by atoms with Gasteiger partial charge in [-0.2, -0.15) is 0 Å². The summed E-state index contributed by atoms with van der Waals surface area (Å²) >= 11 is 0. The maximum absolute atomic E-state index is 12.8. The number of ether oxygens (including phenoxy) is 1. The minimum absolute atomic E-state index is 0.131. The molecule has 1 aliphatic rings. The largest absolute Gasteiger partial charge is 0.481 e. The average molecular weight is 461 g/mol. The maximum Gasteiger partial charge on any atom is 0.261 e. The number of rotatable bonds is 8. The lowest BCUT2D eigenvalue weighted by Crippen LogP contribution is -2.40. The molecule has 4 rings (SSSR count). The number of amides is 2. The standard InChI is InChI=1S/C28H32N2O4/c1-4-25(28(32)29-18-23-7-6-16-33-23)34-22-13-12-20-14-15-30(26(31)5-2)27(24(20)17-22)21-10-8-19(3)9-11-21/h6-13,16-17,25,27H,4-5,14-15,18H2,1-3H3,(H,29,32)/t25-,27-/m1/s1. The minimum atomic E-state index is -0.622. The Morgan fingerprint density at radius 3 is 2.62 bits per heavy atom. The molecule has 0 saturated carbocycles. The Hall–Kier alpha value is -3.54. The highest BCUT2D eigenvalue weighted by Gasteiger charge is 2.32. The fourth-order valence-corrected chi connectivity index (χ4v) is 4.43. The van der Waals surface area contributed by atoms with Crippen molar-refractivity contribution in [1.82, 2.24) is 10.2 Å². The molecule has 1 aromatic heterocycles. The van der Waals surface area contributed by atoms with Gasteiger partial charge in [0, 0.05) is 13.0 Å². The smallest absolute Gasteiger partial charge is 0.261 e. The van der Waals surface area contributed by atoms with E-state index in [4.69, 9.17) is 9.15 Å². The number of carbonyl (C=O) groups excluding carboxylic acids is 2. The molecule has 0 radical (unpaired) electrons. The highest BCUT2D eigenvalue weighted by atomic mass is 16.5. The SMILES string of the molecule is CCC(=O)N1CCc2ccc(O[C@H](CC)C(=O)NCc3ccco3)cc2[C@H]1c1ccc(C)cc1. The third-order valence-corrected chi connectivity index (χ3v) is 6.32. The maximum atomic E-state index is 12.8. The fraction of sp³-hybridized carbons (Fsp3) is 0.357. The van der Waals surface area contributed by atoms with Gasteiger partial charge < -0.3 is 19.4 Å². The zero-order valence-corrected chi connectivity index (χ0v) is 20.0. The normalized spacial score (nSPS) is 16.0. The monoisotopic (exact) mass is 460 g/mol. The molecule has 6 nitrogen and oxygen atoms in total. The van der Waals surface area contributed by atoms with Gasteiger partial charge >= 0.3 is 0 Å². The van der Waals surface area contributed by atoms with E-state index in [1.54, 1.807) is 12.3 Å². The van der Waals surface area contributed by atoms with Crippen molar-refractivity contribution in [3.63, 3.8) is 0 Å². The van der Waals surface area contributed by atoms with Crippen molar-refractivity contribution in [1.29, 1.82) is 0 Å². The van der Waals surface area contributed by atoms with Gasteiger partial charge in [-0.05, 0) is 60.7 Å². The van der Waals surface area contributed by atoms with Crippen LogP contribution in [0.15, 0.2) is 65.3 Å². The number of furan rings is 1. The van der Waals surface area contributed by atoms with Gasteiger partial charge in [0.25, 0.3) is 5.91 Å². The van der Waals surface area contributed by atoms with E-state index in [2.05, 4.69) is 42.6 Å². The summed E-state index contributed by atoms with van der Waals surface area (Å²) in [5.74, 6) is 1.26. The van der Waals surface area contributed by atoms with Crippen molar-refractivity contribution in [3.05, 3.63) is 88.9 Å². The van der Waals surface area contributed by atoms with Crippen LogP contribution in [-0.2, 0) is 22.6 Å². The lowest BCUT2D eigenvalue weighted by Gasteiger charge is -2.38. The summed E-state index contributed by atoms with van der Waals surface area (Å²) in [6.45, 7) is 6.88. The lowest BCUT2D eigenvalue weighted by atomic mass is 9.87. The molecule has 2 amide bonds. The summed E-state index contributed by atoms with van der Waals surface area (Å²) in [7, 11) is 0. The van der Waals surface area contributed by atoms with Crippen LogP contribution >= 0.6 is 0 Å². The first-order chi connectivity index (χ1) is 16.5. The average Bonchev–Trinajstić information content (AvgIpc) is 3.39. The number of fused-ring (bicyclic) bond motifs is 1. The second-order valence-corrected chi connectivity index (χ2v) is 8.68. The molecule has 1 N–H and O–H groups in total. The predicted octanol–water partition coefficient (Wildman–Crippen LogP) is 4.95. The lowest BCUT2D eigenvalue weighted by molar-refractivity contribution is -0.133. The number of nitrogens with one attached hydrogen (secondary N) is 1. The van der Waals surface area contributed by atoms with Gasteiger partial charge in [-0.25, -0.2) is 0 Å². The van der Waals surface area contributed by atoms with Gasteiger partial charge in [0.15, 0.2) is 6.10 Å². The molecule has 0 spiro atoms. The predicted molar refractivity (Wildman–Crippen MR) is 130 cm³/mol. The molecule has 34 heavy (non-hydrogen) atoms. The van der Waals surface area contributed by atoms with Gasteiger partial charge in [-0.1, -0.05) is 49.7 Å². The molecule has 178 valence electrons.